The molecule has 0 aliphatic carbocycles. The molecule has 0 N–H and O–H groups in total. The zero-order chi connectivity index (χ0) is 3.58. The summed E-state index contributed by atoms with van der Waals surface area (Å²) in [6, 6.07) is 0. The van der Waals surface area contributed by atoms with Gasteiger partial charge in [-0.05, 0) is 0 Å². The third-order valence-corrected chi connectivity index (χ3v) is 0. The summed E-state index contributed by atoms with van der Waals surface area (Å²) in [5.74, 6) is 0. The summed E-state index contributed by atoms with van der Waals surface area (Å²) >= 11 is 0. The van der Waals surface area contributed by atoms with Crippen molar-refractivity contribution in [1.82, 2.24) is 0 Å². The fourth-order valence-electron chi connectivity index (χ4n) is 0. The molecule has 0 aromatic heterocycles. The first kappa shape index (κ1) is 24.5. The molecule has 7 heavy (non-hydrogen) atoms. The Bertz CT molecular complexity index is 37.9. The molecule has 0 spiro atoms. The smallest absolute Gasteiger partial charge is 2.00 e. The maximum absolute atomic E-state index is 8.25. The van der Waals surface area contributed by atoms with Crippen LogP contribution in [0.4, 0.5) is 0 Å². The van der Waals surface area contributed by atoms with Crippen LogP contribution in [0, 0.1) is 15.3 Å². The van der Waals surface area contributed by atoms with Crippen LogP contribution >= 0.6 is 0 Å². The van der Waals surface area contributed by atoms with Crippen LogP contribution in [-0.2, 0) is 57.9 Å². The Morgan fingerprint density at radius 2 is 1.29 bits per heavy atom. The van der Waals surface area contributed by atoms with Crippen LogP contribution in [0.1, 0.15) is 0 Å². The Morgan fingerprint density at radius 1 is 1.29 bits per heavy atom. The van der Waals surface area contributed by atoms with Gasteiger partial charge in [-0.3, -0.25) is 0 Å². The van der Waals surface area contributed by atoms with Crippen LogP contribution in [0.3, 0.4) is 0 Å². The number of nitrogens with zero attached hydrogens (tertiary/aromatic N) is 1. The van der Waals surface area contributed by atoms with E-state index in [0.717, 1.165) is 0 Å². The molecule has 41 valence electrons. The minimum Gasteiger partial charge on any atom is -2.00 e. The van der Waals surface area contributed by atoms with Crippen LogP contribution in [0.2, 0.25) is 0 Å². The minimum absolute atomic E-state index is 0. The van der Waals surface area contributed by atoms with E-state index in [1.54, 1.807) is 0 Å². The molecule has 0 aliphatic rings. The van der Waals surface area contributed by atoms with E-state index in [4.69, 9.17) is 15.3 Å². The average Bonchev–Trinajstić information content (AvgIpc) is 0.811. The van der Waals surface area contributed by atoms with Crippen molar-refractivity contribution in [2.45, 2.75) is 0 Å². The Kier molecular flexibility index (Phi) is 55.2. The molecule has 0 rings (SSSR count). The molecule has 0 aromatic rings. The van der Waals surface area contributed by atoms with Crippen molar-refractivity contribution in [3.63, 3.8) is 0 Å². The van der Waals surface area contributed by atoms with Crippen LogP contribution < -0.4 is 0 Å². The Labute approximate surface area is 77.8 Å². The van der Waals surface area contributed by atoms with Crippen LogP contribution in [0.5, 0.6) is 0 Å². The quantitative estimate of drug-likeness (QED) is 0.346. The van der Waals surface area contributed by atoms with Crippen molar-refractivity contribution in [3.8, 4) is 0 Å². The minimum atomic E-state index is -1.75. The molecule has 0 aromatic carbocycles. The van der Waals surface area contributed by atoms with E-state index in [-0.39, 0.29) is 57.9 Å². The molecule has 4 nitrogen and oxygen atoms in total. The average molecular weight is 270 g/mol. The largest absolute Gasteiger partial charge is 2.00 e. The fraction of sp³-hybridized carbons (Fsp3) is 0. The van der Waals surface area contributed by atoms with Gasteiger partial charge < -0.3 is 28.8 Å². The van der Waals surface area contributed by atoms with Gasteiger partial charge in [0.15, 0.2) is 0 Å². The molecule has 0 saturated carbocycles. The van der Waals surface area contributed by atoms with Crippen molar-refractivity contribution in [1.29, 1.82) is 0 Å². The molecule has 0 fully saturated rings. The van der Waals surface area contributed by atoms with Crippen molar-refractivity contribution in [2.24, 2.45) is 0 Å². The maximum atomic E-state index is 8.25. The summed E-state index contributed by atoms with van der Waals surface area (Å²) < 4.78 is 0. The Hall–Kier alpha value is 0.992. The second-order valence-electron chi connectivity index (χ2n) is 0.224. The standard InChI is InChI=1S/Cd.Cu.NO3.S/c;;2-1(3)4;/q2*+2;-1;-2. The molecule has 0 amide bonds. The summed E-state index contributed by atoms with van der Waals surface area (Å²) in [6.07, 6.45) is 0. The number of rotatable bonds is 0. The van der Waals surface area contributed by atoms with Gasteiger partial charge in [0.25, 0.3) is 0 Å². The molecule has 0 heterocycles. The molecular formula is CdCuNO3S+. The van der Waals surface area contributed by atoms with Gasteiger partial charge in [0.2, 0.25) is 0 Å². The summed E-state index contributed by atoms with van der Waals surface area (Å²) in [6.45, 7) is 0. The van der Waals surface area contributed by atoms with Crippen LogP contribution in [0.15, 0.2) is 0 Å². The van der Waals surface area contributed by atoms with Gasteiger partial charge in [-0.15, -0.1) is 0 Å². The summed E-state index contributed by atoms with van der Waals surface area (Å²) in [5.41, 5.74) is 0. The molecular weight excluding hydrogens is 270 g/mol. The van der Waals surface area contributed by atoms with Crippen molar-refractivity contribution < 1.29 is 49.5 Å². The van der Waals surface area contributed by atoms with Crippen molar-refractivity contribution >= 4 is 13.5 Å². The first-order chi connectivity index (χ1) is 1.73. The number of hydrogen-bond acceptors (Lipinski definition) is 3. The van der Waals surface area contributed by atoms with Gasteiger partial charge in [-0.25, -0.2) is 0 Å². The Morgan fingerprint density at radius 3 is 1.29 bits per heavy atom. The SMILES string of the molecule is O=[N+]([O-])[O-].[Cd+2].[Cu+2].[S-2]. The fourth-order valence-corrected chi connectivity index (χ4v) is 0. The number of hydrogen-bond donors (Lipinski definition) is 0. The van der Waals surface area contributed by atoms with Gasteiger partial charge in [-0.2, -0.15) is 0 Å². The van der Waals surface area contributed by atoms with E-state index >= 15 is 0 Å². The zero-order valence-electron chi connectivity index (χ0n) is 3.09. The van der Waals surface area contributed by atoms with Gasteiger partial charge in [0.05, 0.1) is 5.09 Å². The molecule has 0 unspecified atom stereocenters. The summed E-state index contributed by atoms with van der Waals surface area (Å²) in [7, 11) is 0. The van der Waals surface area contributed by atoms with E-state index in [2.05, 4.69) is 0 Å². The van der Waals surface area contributed by atoms with Crippen molar-refractivity contribution in [3.05, 3.63) is 15.3 Å². The van der Waals surface area contributed by atoms with Gasteiger partial charge >= 0.3 is 44.4 Å². The normalized spacial score (nSPS) is 3.43. The molecule has 0 saturated heterocycles. The van der Waals surface area contributed by atoms with Crippen molar-refractivity contribution in [2.75, 3.05) is 0 Å². The first-order valence-electron chi connectivity index (χ1n) is 0.548. The monoisotopic (exact) mass is 271 g/mol. The second kappa shape index (κ2) is 15.8. The molecule has 1 radical (unpaired) electrons. The second-order valence-corrected chi connectivity index (χ2v) is 0.224. The topological polar surface area (TPSA) is 66.2 Å². The molecule has 0 aliphatic heterocycles. The third kappa shape index (κ3) is 177. The zero-order valence-corrected chi connectivity index (χ0v) is 8.88. The Balaban J connectivity index is -0.0000000150. The summed E-state index contributed by atoms with van der Waals surface area (Å²) in [4.78, 5) is 8.25. The van der Waals surface area contributed by atoms with E-state index in [1.807, 2.05) is 0 Å². The van der Waals surface area contributed by atoms with Crippen LogP contribution in [-0.4, -0.2) is 5.09 Å². The van der Waals surface area contributed by atoms with Gasteiger partial charge in [-0.1, -0.05) is 0 Å². The molecule has 0 bridgehead atoms. The van der Waals surface area contributed by atoms with E-state index in [9.17, 15) is 0 Å². The van der Waals surface area contributed by atoms with Gasteiger partial charge in [0.1, 0.15) is 0 Å². The van der Waals surface area contributed by atoms with E-state index in [0.29, 0.717) is 0 Å². The predicted octanol–water partition coefficient (Wildman–Crippen LogP) is -0.247. The van der Waals surface area contributed by atoms with E-state index < -0.39 is 5.09 Å². The van der Waals surface area contributed by atoms with Gasteiger partial charge in [0, 0.05) is 0 Å². The predicted molar refractivity (Wildman–Crippen MR) is 17.7 cm³/mol. The maximum Gasteiger partial charge on any atom is 2.00 e. The third-order valence-electron chi connectivity index (χ3n) is 0. The van der Waals surface area contributed by atoms with E-state index in [1.165, 1.54) is 0 Å². The summed E-state index contributed by atoms with van der Waals surface area (Å²) in [5, 5.41) is 14.8. The molecule has 0 atom stereocenters. The first-order valence-corrected chi connectivity index (χ1v) is 0.548. The molecule has 7 heteroatoms. The van der Waals surface area contributed by atoms with Crippen LogP contribution in [0.25, 0.3) is 0 Å².